The molecule has 3 aromatic rings. The molecule has 1 heterocycles. The fraction of sp³-hybridized carbons (Fsp3) is 0.150. The van der Waals surface area contributed by atoms with Gasteiger partial charge in [-0.3, -0.25) is 9.59 Å². The van der Waals surface area contributed by atoms with Crippen LogP contribution in [0.25, 0.3) is 0 Å². The topological polar surface area (TPSA) is 71.1 Å². The Morgan fingerprint density at radius 3 is 2.38 bits per heavy atom. The molecule has 0 saturated carbocycles. The highest BCUT2D eigenvalue weighted by Crippen LogP contribution is 2.23. The quantitative estimate of drug-likeness (QED) is 0.710. The third kappa shape index (κ3) is 4.55. The number of hydrogen-bond donors (Lipinski definition) is 2. The minimum atomic E-state index is -0.195. The molecule has 26 heavy (non-hydrogen) atoms. The van der Waals surface area contributed by atoms with E-state index >= 15 is 0 Å². The SMILES string of the molecule is CC(=O)Nc1cccc(NC(=O)c2sc(Cc3ccccc3)nc2C)c1. The van der Waals surface area contributed by atoms with E-state index in [0.29, 0.717) is 22.7 Å². The molecule has 0 aliphatic carbocycles. The summed E-state index contributed by atoms with van der Waals surface area (Å²) in [4.78, 5) is 28.9. The van der Waals surface area contributed by atoms with Gasteiger partial charge >= 0.3 is 0 Å². The molecule has 5 nitrogen and oxygen atoms in total. The van der Waals surface area contributed by atoms with Gasteiger partial charge in [0.05, 0.1) is 10.7 Å². The van der Waals surface area contributed by atoms with Crippen molar-refractivity contribution in [3.63, 3.8) is 0 Å². The number of anilines is 2. The van der Waals surface area contributed by atoms with Gasteiger partial charge in [0.1, 0.15) is 4.88 Å². The van der Waals surface area contributed by atoms with Gasteiger partial charge in [0, 0.05) is 24.7 Å². The Balaban J connectivity index is 1.73. The molecule has 1 aromatic heterocycles. The molecule has 2 aromatic carbocycles. The lowest BCUT2D eigenvalue weighted by molar-refractivity contribution is -0.114. The predicted octanol–water partition coefficient (Wildman–Crippen LogP) is 4.25. The Labute approximate surface area is 156 Å². The number of carbonyl (C=O) groups excluding carboxylic acids is 2. The van der Waals surface area contributed by atoms with Crippen molar-refractivity contribution in [1.29, 1.82) is 0 Å². The van der Waals surface area contributed by atoms with Gasteiger partial charge in [-0.05, 0) is 30.7 Å². The lowest BCUT2D eigenvalue weighted by Gasteiger charge is -2.07. The zero-order valence-corrected chi connectivity index (χ0v) is 15.4. The summed E-state index contributed by atoms with van der Waals surface area (Å²) in [6.07, 6.45) is 0.706. The van der Waals surface area contributed by atoms with E-state index in [9.17, 15) is 9.59 Å². The van der Waals surface area contributed by atoms with Crippen molar-refractivity contribution >= 4 is 34.5 Å². The Hall–Kier alpha value is -2.99. The van der Waals surface area contributed by atoms with Gasteiger partial charge in [0.25, 0.3) is 5.91 Å². The highest BCUT2D eigenvalue weighted by atomic mass is 32.1. The van der Waals surface area contributed by atoms with Gasteiger partial charge in [-0.15, -0.1) is 11.3 Å². The van der Waals surface area contributed by atoms with Crippen molar-refractivity contribution in [2.24, 2.45) is 0 Å². The molecule has 0 aliphatic heterocycles. The summed E-state index contributed by atoms with van der Waals surface area (Å²) in [6, 6.07) is 17.1. The second-order valence-corrected chi connectivity index (χ2v) is 6.98. The van der Waals surface area contributed by atoms with Crippen molar-refractivity contribution in [3.05, 3.63) is 75.7 Å². The normalized spacial score (nSPS) is 10.4. The van der Waals surface area contributed by atoms with Crippen LogP contribution in [0.3, 0.4) is 0 Å². The summed E-state index contributed by atoms with van der Waals surface area (Å²) >= 11 is 1.40. The second-order valence-electron chi connectivity index (χ2n) is 5.90. The monoisotopic (exact) mass is 365 g/mol. The van der Waals surface area contributed by atoms with Crippen LogP contribution in [-0.4, -0.2) is 16.8 Å². The van der Waals surface area contributed by atoms with Crippen LogP contribution >= 0.6 is 11.3 Å². The standard InChI is InChI=1S/C20H19N3O2S/c1-13-19(26-18(21-13)11-15-7-4-3-5-8-15)20(25)23-17-10-6-9-16(12-17)22-14(2)24/h3-10,12H,11H2,1-2H3,(H,22,24)(H,23,25). The van der Waals surface area contributed by atoms with Crippen LogP contribution in [0.2, 0.25) is 0 Å². The maximum Gasteiger partial charge on any atom is 0.267 e. The first-order valence-electron chi connectivity index (χ1n) is 8.20. The summed E-state index contributed by atoms with van der Waals surface area (Å²) in [5.74, 6) is -0.350. The molecule has 0 fully saturated rings. The number of hydrogen-bond acceptors (Lipinski definition) is 4. The molecular weight excluding hydrogens is 346 g/mol. The van der Waals surface area contributed by atoms with Crippen LogP contribution in [0.5, 0.6) is 0 Å². The molecular formula is C20H19N3O2S. The van der Waals surface area contributed by atoms with Gasteiger partial charge in [-0.2, -0.15) is 0 Å². The van der Waals surface area contributed by atoms with Crippen molar-refractivity contribution in [2.45, 2.75) is 20.3 Å². The van der Waals surface area contributed by atoms with Gasteiger partial charge in [0.15, 0.2) is 0 Å². The number of nitrogens with zero attached hydrogens (tertiary/aromatic N) is 1. The van der Waals surface area contributed by atoms with Crippen LogP contribution in [0.15, 0.2) is 54.6 Å². The molecule has 0 unspecified atom stereocenters. The largest absolute Gasteiger partial charge is 0.326 e. The molecule has 2 amide bonds. The third-order valence-corrected chi connectivity index (χ3v) is 4.84. The average molecular weight is 365 g/mol. The van der Waals surface area contributed by atoms with Crippen LogP contribution < -0.4 is 10.6 Å². The van der Waals surface area contributed by atoms with Gasteiger partial charge in [-0.1, -0.05) is 36.4 Å². The highest BCUT2D eigenvalue weighted by molar-refractivity contribution is 7.14. The number of carbonyl (C=O) groups is 2. The summed E-state index contributed by atoms with van der Waals surface area (Å²) in [6.45, 7) is 3.29. The summed E-state index contributed by atoms with van der Waals surface area (Å²) in [5.41, 5.74) is 3.15. The smallest absolute Gasteiger partial charge is 0.267 e. The lowest BCUT2D eigenvalue weighted by Crippen LogP contribution is -2.12. The molecule has 3 rings (SSSR count). The second kappa shape index (κ2) is 7.93. The first-order valence-corrected chi connectivity index (χ1v) is 9.02. The predicted molar refractivity (Wildman–Crippen MR) is 105 cm³/mol. The number of thiazole rings is 1. The molecule has 0 atom stereocenters. The van der Waals surface area contributed by atoms with Crippen LogP contribution in [-0.2, 0) is 11.2 Å². The zero-order valence-electron chi connectivity index (χ0n) is 14.6. The molecule has 0 bridgehead atoms. The summed E-state index contributed by atoms with van der Waals surface area (Å²) < 4.78 is 0. The summed E-state index contributed by atoms with van der Waals surface area (Å²) in [7, 11) is 0. The highest BCUT2D eigenvalue weighted by Gasteiger charge is 2.16. The van der Waals surface area contributed by atoms with Crippen molar-refractivity contribution in [3.8, 4) is 0 Å². The minimum Gasteiger partial charge on any atom is -0.326 e. The molecule has 132 valence electrons. The van der Waals surface area contributed by atoms with Gasteiger partial charge in [-0.25, -0.2) is 4.98 Å². The first kappa shape index (κ1) is 17.8. The van der Waals surface area contributed by atoms with Gasteiger partial charge in [0.2, 0.25) is 5.91 Å². The van der Waals surface area contributed by atoms with E-state index in [1.54, 1.807) is 24.3 Å². The Kier molecular flexibility index (Phi) is 5.43. The van der Waals surface area contributed by atoms with Crippen LogP contribution in [0.4, 0.5) is 11.4 Å². The Bertz CT molecular complexity index is 935. The average Bonchev–Trinajstić information content (AvgIpc) is 2.96. The van der Waals surface area contributed by atoms with E-state index in [1.807, 2.05) is 37.3 Å². The Morgan fingerprint density at radius 1 is 1.00 bits per heavy atom. The van der Waals surface area contributed by atoms with Crippen LogP contribution in [0.1, 0.15) is 32.9 Å². The number of aryl methyl sites for hydroxylation is 1. The lowest BCUT2D eigenvalue weighted by atomic mass is 10.2. The van der Waals surface area contributed by atoms with E-state index in [-0.39, 0.29) is 11.8 Å². The first-order chi connectivity index (χ1) is 12.5. The fourth-order valence-electron chi connectivity index (χ4n) is 2.57. The number of benzene rings is 2. The number of rotatable bonds is 5. The molecule has 0 saturated heterocycles. The van der Waals surface area contributed by atoms with E-state index in [2.05, 4.69) is 15.6 Å². The van der Waals surface area contributed by atoms with E-state index in [4.69, 9.17) is 0 Å². The molecule has 0 aliphatic rings. The fourth-order valence-corrected chi connectivity index (χ4v) is 3.57. The molecule has 2 N–H and O–H groups in total. The zero-order chi connectivity index (χ0) is 18.5. The van der Waals surface area contributed by atoms with Crippen molar-refractivity contribution < 1.29 is 9.59 Å². The van der Waals surface area contributed by atoms with Gasteiger partial charge < -0.3 is 10.6 Å². The molecule has 0 spiro atoms. The molecule has 0 radical (unpaired) electrons. The van der Waals surface area contributed by atoms with E-state index < -0.39 is 0 Å². The minimum absolute atomic E-state index is 0.155. The van der Waals surface area contributed by atoms with E-state index in [1.165, 1.54) is 18.3 Å². The summed E-state index contributed by atoms with van der Waals surface area (Å²) in [5, 5.41) is 6.48. The maximum absolute atomic E-state index is 12.6. The Morgan fingerprint density at radius 2 is 1.69 bits per heavy atom. The van der Waals surface area contributed by atoms with Crippen LogP contribution in [0, 0.1) is 6.92 Å². The number of nitrogens with one attached hydrogen (secondary N) is 2. The molecule has 6 heteroatoms. The van der Waals surface area contributed by atoms with Crippen molar-refractivity contribution in [1.82, 2.24) is 4.98 Å². The number of amides is 2. The maximum atomic E-state index is 12.6. The van der Waals surface area contributed by atoms with Crippen molar-refractivity contribution in [2.75, 3.05) is 10.6 Å². The third-order valence-electron chi connectivity index (χ3n) is 3.69. The number of aromatic nitrogens is 1. The van der Waals surface area contributed by atoms with E-state index in [0.717, 1.165) is 16.3 Å².